The molecule has 1 N–H and O–H groups in total. The summed E-state index contributed by atoms with van der Waals surface area (Å²) in [6.45, 7) is 5.42. The first kappa shape index (κ1) is 15.7. The van der Waals surface area contributed by atoms with Crippen molar-refractivity contribution in [3.8, 4) is 0 Å². The van der Waals surface area contributed by atoms with Gasteiger partial charge in [-0.15, -0.1) is 0 Å². The van der Waals surface area contributed by atoms with E-state index in [1.54, 1.807) is 0 Å². The standard InChI is InChI=1S/C9H19NO2.Na.H/c1-3-5-7-10-9(11)12-8-6-4-2;;/h3-8H2,1-2H3,(H,10,11);;/q;+1;-1. The first-order valence-electron chi connectivity index (χ1n) is 4.71. The van der Waals surface area contributed by atoms with Gasteiger partial charge in [-0.3, -0.25) is 0 Å². The van der Waals surface area contributed by atoms with E-state index in [9.17, 15) is 4.79 Å². The number of alkyl carbamates (subject to hydrolysis) is 1. The van der Waals surface area contributed by atoms with Crippen LogP contribution in [0.2, 0.25) is 0 Å². The van der Waals surface area contributed by atoms with Crippen LogP contribution in [0, 0.1) is 0 Å². The summed E-state index contributed by atoms with van der Waals surface area (Å²) < 4.78 is 4.88. The number of amides is 1. The van der Waals surface area contributed by atoms with Crippen LogP contribution in [0.15, 0.2) is 0 Å². The molecule has 3 nitrogen and oxygen atoms in total. The average molecular weight is 197 g/mol. The zero-order valence-corrected chi connectivity index (χ0v) is 11.1. The SMILES string of the molecule is CCCCNC(=O)OCCCC.[H-].[Na+]. The summed E-state index contributed by atoms with van der Waals surface area (Å²) in [6.07, 6.45) is 3.83. The first-order valence-corrected chi connectivity index (χ1v) is 4.71. The molecular weight excluding hydrogens is 177 g/mol. The molecule has 0 aromatic rings. The first-order chi connectivity index (χ1) is 5.81. The fraction of sp³-hybridized carbons (Fsp3) is 0.889. The molecule has 1 amide bonds. The predicted molar refractivity (Wildman–Crippen MR) is 50.3 cm³/mol. The Kier molecular flexibility index (Phi) is 14.8. The van der Waals surface area contributed by atoms with Crippen LogP contribution in [0.3, 0.4) is 0 Å². The number of rotatable bonds is 6. The Balaban J connectivity index is -0.000000605. The van der Waals surface area contributed by atoms with E-state index >= 15 is 0 Å². The van der Waals surface area contributed by atoms with Crippen molar-refractivity contribution in [2.45, 2.75) is 39.5 Å². The average Bonchev–Trinajstić information content (AvgIpc) is 2.06. The smallest absolute Gasteiger partial charge is 1.00 e. The molecule has 0 aliphatic rings. The van der Waals surface area contributed by atoms with Gasteiger partial charge < -0.3 is 11.5 Å². The van der Waals surface area contributed by atoms with E-state index in [0.29, 0.717) is 6.61 Å². The second-order valence-corrected chi connectivity index (χ2v) is 2.77. The molecule has 74 valence electrons. The summed E-state index contributed by atoms with van der Waals surface area (Å²) in [5.74, 6) is 0. The van der Waals surface area contributed by atoms with Gasteiger partial charge in [-0.25, -0.2) is 4.79 Å². The maximum absolute atomic E-state index is 10.9. The molecule has 4 heteroatoms. The van der Waals surface area contributed by atoms with E-state index in [1.165, 1.54) is 0 Å². The van der Waals surface area contributed by atoms with Crippen molar-refractivity contribution < 1.29 is 40.5 Å². The van der Waals surface area contributed by atoms with Gasteiger partial charge in [-0.05, 0) is 12.8 Å². The van der Waals surface area contributed by atoms with Crippen molar-refractivity contribution >= 4 is 6.09 Å². The molecule has 0 atom stereocenters. The van der Waals surface area contributed by atoms with Gasteiger partial charge in [-0.1, -0.05) is 26.7 Å². The van der Waals surface area contributed by atoms with Crippen LogP contribution < -0.4 is 34.9 Å². The summed E-state index contributed by atoms with van der Waals surface area (Å²) in [7, 11) is 0. The molecule has 0 fully saturated rings. The van der Waals surface area contributed by atoms with E-state index in [4.69, 9.17) is 4.74 Å². The molecule has 0 aliphatic carbocycles. The Bertz CT molecular complexity index is 113. The van der Waals surface area contributed by atoms with Gasteiger partial charge in [-0.2, -0.15) is 0 Å². The summed E-state index contributed by atoms with van der Waals surface area (Å²) in [5, 5.41) is 2.68. The maximum Gasteiger partial charge on any atom is 1.00 e. The van der Waals surface area contributed by atoms with E-state index in [0.717, 1.165) is 32.2 Å². The van der Waals surface area contributed by atoms with Crippen molar-refractivity contribution in [1.29, 1.82) is 0 Å². The zero-order valence-electron chi connectivity index (χ0n) is 10.1. The van der Waals surface area contributed by atoms with E-state index in [1.807, 2.05) is 0 Å². The molecule has 0 heterocycles. The van der Waals surface area contributed by atoms with E-state index in [-0.39, 0.29) is 37.1 Å². The van der Waals surface area contributed by atoms with Gasteiger partial charge in [0.05, 0.1) is 6.61 Å². The molecule has 0 rings (SSSR count). The van der Waals surface area contributed by atoms with Crippen molar-refractivity contribution in [1.82, 2.24) is 5.32 Å². The third-order valence-electron chi connectivity index (χ3n) is 1.53. The van der Waals surface area contributed by atoms with Gasteiger partial charge in [0.1, 0.15) is 0 Å². The molecule has 0 saturated heterocycles. The molecule has 0 spiro atoms. The third kappa shape index (κ3) is 12.3. The minimum absolute atomic E-state index is 0. The molecule has 0 radical (unpaired) electrons. The molecule has 13 heavy (non-hydrogen) atoms. The Hall–Kier alpha value is 0.270. The molecule has 0 aromatic heterocycles. The maximum atomic E-state index is 10.9. The predicted octanol–water partition coefficient (Wildman–Crippen LogP) is -0.571. The van der Waals surface area contributed by atoms with Crippen molar-refractivity contribution in [3.05, 3.63) is 0 Å². The number of hydrogen-bond acceptors (Lipinski definition) is 2. The number of hydrogen-bond donors (Lipinski definition) is 1. The van der Waals surface area contributed by atoms with Crippen LogP contribution in [0.25, 0.3) is 0 Å². The quantitative estimate of drug-likeness (QED) is 0.457. The van der Waals surface area contributed by atoms with Gasteiger partial charge in [0.2, 0.25) is 0 Å². The van der Waals surface area contributed by atoms with Crippen LogP contribution in [-0.2, 0) is 4.74 Å². The minimum atomic E-state index is -0.281. The number of ether oxygens (including phenoxy) is 1. The topological polar surface area (TPSA) is 38.3 Å². The number of carbonyl (C=O) groups excluding carboxylic acids is 1. The molecule has 0 bridgehead atoms. The third-order valence-corrected chi connectivity index (χ3v) is 1.53. The summed E-state index contributed by atoms with van der Waals surface area (Å²) in [6, 6.07) is 0. The Morgan fingerprint density at radius 2 is 1.92 bits per heavy atom. The van der Waals surface area contributed by atoms with Crippen LogP contribution >= 0.6 is 0 Å². The fourth-order valence-electron chi connectivity index (χ4n) is 0.727. The molecular formula is C9H20NNaO2. The minimum Gasteiger partial charge on any atom is -1.00 e. The number of unbranched alkanes of at least 4 members (excludes halogenated alkanes) is 2. The fourth-order valence-corrected chi connectivity index (χ4v) is 0.727. The van der Waals surface area contributed by atoms with Crippen LogP contribution in [0.5, 0.6) is 0 Å². The summed E-state index contributed by atoms with van der Waals surface area (Å²) in [5.41, 5.74) is 0. The summed E-state index contributed by atoms with van der Waals surface area (Å²) >= 11 is 0. The Morgan fingerprint density at radius 1 is 1.31 bits per heavy atom. The Morgan fingerprint density at radius 3 is 2.46 bits per heavy atom. The molecule has 0 aromatic carbocycles. The van der Waals surface area contributed by atoms with Gasteiger partial charge in [0.25, 0.3) is 0 Å². The number of nitrogens with one attached hydrogen (secondary N) is 1. The largest absolute Gasteiger partial charge is 1.00 e. The van der Waals surface area contributed by atoms with Crippen LogP contribution in [0.4, 0.5) is 4.79 Å². The zero-order chi connectivity index (χ0) is 9.23. The molecule has 0 unspecified atom stereocenters. The Labute approximate surface area is 104 Å². The second-order valence-electron chi connectivity index (χ2n) is 2.77. The van der Waals surface area contributed by atoms with Gasteiger partial charge in [0.15, 0.2) is 0 Å². The van der Waals surface area contributed by atoms with E-state index in [2.05, 4.69) is 19.2 Å². The normalized spacial score (nSPS) is 8.77. The molecule has 0 saturated carbocycles. The van der Waals surface area contributed by atoms with Crippen LogP contribution in [0.1, 0.15) is 41.0 Å². The van der Waals surface area contributed by atoms with Crippen molar-refractivity contribution in [3.63, 3.8) is 0 Å². The van der Waals surface area contributed by atoms with E-state index < -0.39 is 0 Å². The van der Waals surface area contributed by atoms with Crippen molar-refractivity contribution in [2.75, 3.05) is 13.2 Å². The van der Waals surface area contributed by atoms with Gasteiger partial charge >= 0.3 is 35.7 Å². The molecule has 0 aliphatic heterocycles. The second kappa shape index (κ2) is 12.3. The van der Waals surface area contributed by atoms with Gasteiger partial charge in [0, 0.05) is 6.54 Å². The summed E-state index contributed by atoms with van der Waals surface area (Å²) in [4.78, 5) is 10.9. The number of carbonyl (C=O) groups is 1. The van der Waals surface area contributed by atoms with Crippen LogP contribution in [-0.4, -0.2) is 19.2 Å². The van der Waals surface area contributed by atoms with Crippen molar-refractivity contribution in [2.24, 2.45) is 0 Å². The monoisotopic (exact) mass is 197 g/mol.